The predicted octanol–water partition coefficient (Wildman–Crippen LogP) is 3.15. The molecule has 88 valence electrons. The van der Waals surface area contributed by atoms with Crippen molar-refractivity contribution >= 4 is 16.7 Å². The second-order valence-electron chi connectivity index (χ2n) is 4.03. The fourth-order valence-electron chi connectivity index (χ4n) is 2.13. The molecule has 0 aromatic heterocycles. The normalized spacial score (nSPS) is 10.5. The third kappa shape index (κ3) is 2.16. The molecule has 0 fully saturated rings. The number of carbonyl (C=O) groups is 1. The van der Waals surface area contributed by atoms with Gasteiger partial charge in [0.15, 0.2) is 0 Å². The van der Waals surface area contributed by atoms with E-state index in [1.807, 2.05) is 37.3 Å². The van der Waals surface area contributed by atoms with Gasteiger partial charge in [-0.3, -0.25) is 4.79 Å². The summed E-state index contributed by atoms with van der Waals surface area (Å²) in [5.41, 5.74) is 1.93. The van der Waals surface area contributed by atoms with Crippen LogP contribution in [-0.2, 0) is 6.42 Å². The van der Waals surface area contributed by atoms with Crippen molar-refractivity contribution in [3.63, 3.8) is 0 Å². The Bertz CT molecular complexity index is 546. The van der Waals surface area contributed by atoms with Gasteiger partial charge in [-0.15, -0.1) is 0 Å². The predicted molar refractivity (Wildman–Crippen MR) is 71.3 cm³/mol. The van der Waals surface area contributed by atoms with Crippen LogP contribution < -0.4 is 5.32 Å². The largest absolute Gasteiger partial charge is 0.352 e. The van der Waals surface area contributed by atoms with Gasteiger partial charge < -0.3 is 5.32 Å². The van der Waals surface area contributed by atoms with E-state index in [0.29, 0.717) is 6.54 Å². The van der Waals surface area contributed by atoms with Gasteiger partial charge in [0.25, 0.3) is 5.91 Å². The maximum absolute atomic E-state index is 12.1. The number of aryl methyl sites for hydroxylation is 1. The van der Waals surface area contributed by atoms with Crippen molar-refractivity contribution in [3.8, 4) is 0 Å². The molecule has 0 atom stereocenters. The molecule has 0 aliphatic heterocycles. The van der Waals surface area contributed by atoms with Gasteiger partial charge in [0.2, 0.25) is 0 Å². The Morgan fingerprint density at radius 3 is 2.59 bits per heavy atom. The van der Waals surface area contributed by atoms with Crippen LogP contribution in [0.15, 0.2) is 36.4 Å². The second kappa shape index (κ2) is 5.00. The summed E-state index contributed by atoms with van der Waals surface area (Å²) >= 11 is 0. The maximum atomic E-state index is 12.1. The zero-order chi connectivity index (χ0) is 12.3. The van der Waals surface area contributed by atoms with Crippen molar-refractivity contribution in [2.45, 2.75) is 20.3 Å². The van der Waals surface area contributed by atoms with Crippen molar-refractivity contribution in [2.75, 3.05) is 6.54 Å². The molecular weight excluding hydrogens is 210 g/mol. The average molecular weight is 227 g/mol. The Hall–Kier alpha value is -1.83. The first-order valence-corrected chi connectivity index (χ1v) is 6.06. The highest BCUT2D eigenvalue weighted by molar-refractivity contribution is 6.08. The molecule has 0 radical (unpaired) electrons. The lowest BCUT2D eigenvalue weighted by Gasteiger charge is -2.11. The number of carbonyl (C=O) groups excluding carboxylic acids is 1. The van der Waals surface area contributed by atoms with Crippen LogP contribution in [0.4, 0.5) is 0 Å². The molecule has 17 heavy (non-hydrogen) atoms. The van der Waals surface area contributed by atoms with Crippen LogP contribution >= 0.6 is 0 Å². The Kier molecular flexibility index (Phi) is 3.43. The van der Waals surface area contributed by atoms with E-state index < -0.39 is 0 Å². The number of rotatable bonds is 3. The van der Waals surface area contributed by atoms with Crippen LogP contribution in [0.2, 0.25) is 0 Å². The SMILES string of the molecule is CCNC(=O)c1c(CC)ccc2ccccc12. The lowest BCUT2D eigenvalue weighted by molar-refractivity contribution is 0.0956. The number of fused-ring (bicyclic) bond motifs is 1. The average Bonchev–Trinajstić information content (AvgIpc) is 2.37. The van der Waals surface area contributed by atoms with Gasteiger partial charge in [-0.25, -0.2) is 0 Å². The molecule has 2 rings (SSSR count). The fraction of sp³-hybridized carbons (Fsp3) is 0.267. The Balaban J connectivity index is 2.67. The number of hydrogen-bond acceptors (Lipinski definition) is 1. The highest BCUT2D eigenvalue weighted by atomic mass is 16.1. The molecule has 2 heteroatoms. The Labute approximate surface area is 102 Å². The van der Waals surface area contributed by atoms with Crippen molar-refractivity contribution in [2.24, 2.45) is 0 Å². The first-order valence-electron chi connectivity index (χ1n) is 6.06. The molecular formula is C15H17NO. The van der Waals surface area contributed by atoms with Gasteiger partial charge in [0, 0.05) is 6.54 Å². The number of hydrogen-bond donors (Lipinski definition) is 1. The minimum Gasteiger partial charge on any atom is -0.352 e. The molecule has 0 heterocycles. The minimum absolute atomic E-state index is 0.0288. The summed E-state index contributed by atoms with van der Waals surface area (Å²) in [6.07, 6.45) is 0.872. The van der Waals surface area contributed by atoms with Crippen LogP contribution in [0, 0.1) is 0 Å². The van der Waals surface area contributed by atoms with Gasteiger partial charge in [-0.1, -0.05) is 43.3 Å². The third-order valence-corrected chi connectivity index (χ3v) is 2.96. The highest BCUT2D eigenvalue weighted by Crippen LogP contribution is 2.22. The van der Waals surface area contributed by atoms with Crippen molar-refractivity contribution in [1.29, 1.82) is 0 Å². The summed E-state index contributed by atoms with van der Waals surface area (Å²) in [7, 11) is 0. The summed E-state index contributed by atoms with van der Waals surface area (Å²) in [5, 5.41) is 5.05. The van der Waals surface area contributed by atoms with Crippen LogP contribution in [-0.4, -0.2) is 12.5 Å². The summed E-state index contributed by atoms with van der Waals surface area (Å²) in [6, 6.07) is 12.2. The van der Waals surface area contributed by atoms with E-state index in [1.54, 1.807) is 0 Å². The van der Waals surface area contributed by atoms with Crippen LogP contribution in [0.5, 0.6) is 0 Å². The highest BCUT2D eigenvalue weighted by Gasteiger charge is 2.13. The summed E-state index contributed by atoms with van der Waals surface area (Å²) in [6.45, 7) is 4.67. The van der Waals surface area contributed by atoms with Crippen molar-refractivity contribution in [3.05, 3.63) is 47.5 Å². The minimum atomic E-state index is 0.0288. The first kappa shape index (κ1) is 11.6. The zero-order valence-corrected chi connectivity index (χ0v) is 10.3. The van der Waals surface area contributed by atoms with E-state index in [2.05, 4.69) is 18.3 Å². The topological polar surface area (TPSA) is 29.1 Å². The van der Waals surface area contributed by atoms with Crippen LogP contribution in [0.1, 0.15) is 29.8 Å². The molecule has 2 nitrogen and oxygen atoms in total. The zero-order valence-electron chi connectivity index (χ0n) is 10.3. The van der Waals surface area contributed by atoms with Gasteiger partial charge in [0.1, 0.15) is 0 Å². The van der Waals surface area contributed by atoms with Gasteiger partial charge >= 0.3 is 0 Å². The lowest BCUT2D eigenvalue weighted by Crippen LogP contribution is -2.24. The van der Waals surface area contributed by atoms with Crippen molar-refractivity contribution < 1.29 is 4.79 Å². The molecule has 2 aromatic rings. The molecule has 0 aliphatic carbocycles. The van der Waals surface area contributed by atoms with E-state index in [9.17, 15) is 4.79 Å². The monoisotopic (exact) mass is 227 g/mol. The van der Waals surface area contributed by atoms with Crippen LogP contribution in [0.25, 0.3) is 10.8 Å². The number of amides is 1. The first-order chi connectivity index (χ1) is 8.27. The van der Waals surface area contributed by atoms with E-state index in [0.717, 1.165) is 28.3 Å². The molecule has 2 aromatic carbocycles. The third-order valence-electron chi connectivity index (χ3n) is 2.96. The summed E-state index contributed by atoms with van der Waals surface area (Å²) in [4.78, 5) is 12.1. The molecule has 0 unspecified atom stereocenters. The van der Waals surface area contributed by atoms with Crippen LogP contribution in [0.3, 0.4) is 0 Å². The van der Waals surface area contributed by atoms with E-state index in [4.69, 9.17) is 0 Å². The van der Waals surface area contributed by atoms with E-state index in [-0.39, 0.29) is 5.91 Å². The molecule has 0 aliphatic rings. The van der Waals surface area contributed by atoms with E-state index >= 15 is 0 Å². The smallest absolute Gasteiger partial charge is 0.252 e. The van der Waals surface area contributed by atoms with Crippen molar-refractivity contribution in [1.82, 2.24) is 5.32 Å². The quantitative estimate of drug-likeness (QED) is 0.857. The molecule has 1 amide bonds. The van der Waals surface area contributed by atoms with E-state index in [1.165, 1.54) is 0 Å². The number of nitrogens with one attached hydrogen (secondary N) is 1. The molecule has 0 saturated heterocycles. The van der Waals surface area contributed by atoms with Gasteiger partial charge in [0.05, 0.1) is 5.56 Å². The lowest BCUT2D eigenvalue weighted by atomic mass is 9.97. The maximum Gasteiger partial charge on any atom is 0.252 e. The molecule has 0 saturated carbocycles. The molecule has 0 bridgehead atoms. The van der Waals surface area contributed by atoms with Gasteiger partial charge in [-0.05, 0) is 29.7 Å². The fourth-order valence-corrected chi connectivity index (χ4v) is 2.13. The summed E-state index contributed by atoms with van der Waals surface area (Å²) in [5.74, 6) is 0.0288. The second-order valence-corrected chi connectivity index (χ2v) is 4.03. The number of benzene rings is 2. The Morgan fingerprint density at radius 1 is 1.12 bits per heavy atom. The Morgan fingerprint density at radius 2 is 1.88 bits per heavy atom. The standard InChI is InChI=1S/C15H17NO/c1-3-11-9-10-12-7-5-6-8-13(12)14(11)15(17)16-4-2/h5-10H,3-4H2,1-2H3,(H,16,17). The molecule has 0 spiro atoms. The summed E-state index contributed by atoms with van der Waals surface area (Å²) < 4.78 is 0. The van der Waals surface area contributed by atoms with Gasteiger partial charge in [-0.2, -0.15) is 0 Å². The molecule has 1 N–H and O–H groups in total.